The van der Waals surface area contributed by atoms with Crippen molar-refractivity contribution in [1.29, 1.82) is 0 Å². The summed E-state index contributed by atoms with van der Waals surface area (Å²) >= 11 is 0. The standard InChI is InChI=1S/C22H30N4O2/c1-17-15-18-5-2-3-6-20(18)26(17)16-19-7-14-28-21(19)22(27)24-8-4-11-25-12-9-23-10-13-25/h2-3,5-7,14,17,23H,4,8-13,15-16H2,1H3,(H,24,27). The molecule has 0 spiro atoms. The van der Waals surface area contributed by atoms with Gasteiger partial charge in [0, 0.05) is 56.6 Å². The van der Waals surface area contributed by atoms with Gasteiger partial charge in [0.05, 0.1) is 6.26 Å². The Morgan fingerprint density at radius 2 is 2.07 bits per heavy atom. The van der Waals surface area contributed by atoms with Crippen LogP contribution in [0, 0.1) is 0 Å². The summed E-state index contributed by atoms with van der Waals surface area (Å²) in [7, 11) is 0. The number of hydrogen-bond acceptors (Lipinski definition) is 5. The lowest BCUT2D eigenvalue weighted by atomic mass is 10.1. The topological polar surface area (TPSA) is 60.8 Å². The smallest absolute Gasteiger partial charge is 0.287 e. The molecule has 2 aromatic rings. The SMILES string of the molecule is CC1Cc2ccccc2N1Cc1ccoc1C(=O)NCCCN1CCNCC1. The highest BCUT2D eigenvalue weighted by molar-refractivity contribution is 5.93. The predicted octanol–water partition coefficient (Wildman–Crippen LogP) is 2.26. The number of para-hydroxylation sites is 1. The summed E-state index contributed by atoms with van der Waals surface area (Å²) in [4.78, 5) is 17.4. The normalized spacial score (nSPS) is 19.6. The van der Waals surface area contributed by atoms with Crippen molar-refractivity contribution >= 4 is 11.6 Å². The number of rotatable bonds is 7. The van der Waals surface area contributed by atoms with Crippen LogP contribution in [0.2, 0.25) is 0 Å². The third-order valence-corrected chi connectivity index (χ3v) is 5.79. The van der Waals surface area contributed by atoms with E-state index in [0.717, 1.165) is 51.1 Å². The second-order valence-corrected chi connectivity index (χ2v) is 7.79. The minimum absolute atomic E-state index is 0.111. The maximum absolute atomic E-state index is 12.6. The monoisotopic (exact) mass is 382 g/mol. The van der Waals surface area contributed by atoms with Gasteiger partial charge < -0.3 is 24.9 Å². The lowest BCUT2D eigenvalue weighted by Gasteiger charge is -2.27. The Morgan fingerprint density at radius 3 is 2.93 bits per heavy atom. The molecular formula is C22H30N4O2. The number of anilines is 1. The van der Waals surface area contributed by atoms with Crippen molar-refractivity contribution in [3.8, 4) is 0 Å². The fourth-order valence-corrected chi connectivity index (χ4v) is 4.23. The molecule has 1 aromatic heterocycles. The van der Waals surface area contributed by atoms with Crippen molar-refractivity contribution < 1.29 is 9.21 Å². The fraction of sp³-hybridized carbons (Fsp3) is 0.500. The highest BCUT2D eigenvalue weighted by Crippen LogP contribution is 2.33. The summed E-state index contributed by atoms with van der Waals surface area (Å²) in [5.41, 5.74) is 3.58. The van der Waals surface area contributed by atoms with E-state index in [-0.39, 0.29) is 5.91 Å². The van der Waals surface area contributed by atoms with Crippen LogP contribution in [0.3, 0.4) is 0 Å². The molecule has 150 valence electrons. The molecule has 2 aliphatic heterocycles. The van der Waals surface area contributed by atoms with Gasteiger partial charge in [0.25, 0.3) is 5.91 Å². The third kappa shape index (κ3) is 4.23. The average molecular weight is 383 g/mol. The van der Waals surface area contributed by atoms with Crippen LogP contribution < -0.4 is 15.5 Å². The molecule has 1 unspecified atom stereocenters. The molecule has 1 aromatic carbocycles. The molecule has 1 atom stereocenters. The Hall–Kier alpha value is -2.31. The van der Waals surface area contributed by atoms with Gasteiger partial charge >= 0.3 is 0 Å². The van der Waals surface area contributed by atoms with E-state index in [0.29, 0.717) is 24.9 Å². The van der Waals surface area contributed by atoms with Gasteiger partial charge in [-0.1, -0.05) is 18.2 Å². The minimum atomic E-state index is -0.111. The number of furan rings is 1. The van der Waals surface area contributed by atoms with Crippen LogP contribution >= 0.6 is 0 Å². The molecule has 0 aliphatic carbocycles. The molecule has 4 rings (SSSR count). The maximum atomic E-state index is 12.6. The van der Waals surface area contributed by atoms with Crippen molar-refractivity contribution in [2.24, 2.45) is 0 Å². The van der Waals surface area contributed by atoms with Gasteiger partial charge in [0.2, 0.25) is 0 Å². The first kappa shape index (κ1) is 19.0. The molecule has 2 N–H and O–H groups in total. The Balaban J connectivity index is 1.32. The molecule has 6 nitrogen and oxygen atoms in total. The van der Waals surface area contributed by atoms with E-state index in [1.54, 1.807) is 6.26 Å². The van der Waals surface area contributed by atoms with Crippen molar-refractivity contribution in [3.05, 3.63) is 53.5 Å². The minimum Gasteiger partial charge on any atom is -0.459 e. The highest BCUT2D eigenvalue weighted by atomic mass is 16.3. The van der Waals surface area contributed by atoms with Crippen LogP contribution in [-0.4, -0.2) is 56.1 Å². The van der Waals surface area contributed by atoms with Crippen LogP contribution in [0.15, 0.2) is 41.0 Å². The van der Waals surface area contributed by atoms with Gasteiger partial charge in [-0.05, 0) is 44.0 Å². The van der Waals surface area contributed by atoms with Crippen molar-refractivity contribution in [3.63, 3.8) is 0 Å². The molecule has 28 heavy (non-hydrogen) atoms. The summed E-state index contributed by atoms with van der Waals surface area (Å²) in [5, 5.41) is 6.39. The van der Waals surface area contributed by atoms with Gasteiger partial charge in [0.1, 0.15) is 0 Å². The molecule has 1 saturated heterocycles. The van der Waals surface area contributed by atoms with Crippen molar-refractivity contribution in [2.45, 2.75) is 32.4 Å². The lowest BCUT2D eigenvalue weighted by molar-refractivity contribution is 0.0922. The third-order valence-electron chi connectivity index (χ3n) is 5.79. The number of nitrogens with one attached hydrogen (secondary N) is 2. The van der Waals surface area contributed by atoms with E-state index >= 15 is 0 Å². The van der Waals surface area contributed by atoms with Crippen LogP contribution in [0.25, 0.3) is 0 Å². The zero-order chi connectivity index (χ0) is 19.3. The van der Waals surface area contributed by atoms with Crippen LogP contribution in [0.1, 0.15) is 35.0 Å². The predicted molar refractivity (Wildman–Crippen MR) is 111 cm³/mol. The van der Waals surface area contributed by atoms with Crippen LogP contribution in [0.4, 0.5) is 5.69 Å². The first-order chi connectivity index (χ1) is 13.7. The summed E-state index contributed by atoms with van der Waals surface area (Å²) in [6.07, 6.45) is 3.62. The van der Waals surface area contributed by atoms with Crippen molar-refractivity contribution in [1.82, 2.24) is 15.5 Å². The molecule has 1 fully saturated rings. The molecular weight excluding hydrogens is 352 g/mol. The summed E-state index contributed by atoms with van der Waals surface area (Å²) in [6.45, 7) is 8.91. The lowest BCUT2D eigenvalue weighted by Crippen LogP contribution is -2.44. The number of piperazine rings is 1. The molecule has 3 heterocycles. The molecule has 2 aliphatic rings. The second kappa shape index (κ2) is 8.80. The van der Waals surface area contributed by atoms with Gasteiger partial charge in [-0.3, -0.25) is 4.79 Å². The van der Waals surface area contributed by atoms with Gasteiger partial charge in [-0.25, -0.2) is 0 Å². The number of fused-ring (bicyclic) bond motifs is 1. The number of amides is 1. The molecule has 0 saturated carbocycles. The Bertz CT molecular complexity index is 797. The maximum Gasteiger partial charge on any atom is 0.287 e. The van der Waals surface area contributed by atoms with E-state index in [1.165, 1.54) is 11.3 Å². The van der Waals surface area contributed by atoms with E-state index in [1.807, 2.05) is 6.07 Å². The first-order valence-corrected chi connectivity index (χ1v) is 10.3. The largest absolute Gasteiger partial charge is 0.459 e. The van der Waals surface area contributed by atoms with Gasteiger partial charge in [0.15, 0.2) is 5.76 Å². The van der Waals surface area contributed by atoms with Gasteiger partial charge in [-0.2, -0.15) is 0 Å². The number of benzene rings is 1. The fourth-order valence-electron chi connectivity index (χ4n) is 4.23. The molecule has 0 bridgehead atoms. The Labute approximate surface area is 166 Å². The number of hydrogen-bond donors (Lipinski definition) is 2. The van der Waals surface area contributed by atoms with Gasteiger partial charge in [-0.15, -0.1) is 0 Å². The highest BCUT2D eigenvalue weighted by Gasteiger charge is 2.27. The molecule has 1 amide bonds. The average Bonchev–Trinajstić information content (AvgIpc) is 3.31. The number of nitrogens with zero attached hydrogens (tertiary/aromatic N) is 2. The summed E-state index contributed by atoms with van der Waals surface area (Å²) in [5.74, 6) is 0.333. The Kier molecular flexibility index (Phi) is 5.98. The van der Waals surface area contributed by atoms with E-state index in [9.17, 15) is 4.79 Å². The summed E-state index contributed by atoms with van der Waals surface area (Å²) < 4.78 is 5.55. The summed E-state index contributed by atoms with van der Waals surface area (Å²) in [6, 6.07) is 10.9. The zero-order valence-electron chi connectivity index (χ0n) is 16.6. The first-order valence-electron chi connectivity index (χ1n) is 10.3. The van der Waals surface area contributed by atoms with Crippen LogP contribution in [0.5, 0.6) is 0 Å². The number of carbonyl (C=O) groups excluding carboxylic acids is 1. The molecule has 0 radical (unpaired) electrons. The number of carbonyl (C=O) groups is 1. The van der Waals surface area contributed by atoms with E-state index < -0.39 is 0 Å². The zero-order valence-corrected chi connectivity index (χ0v) is 16.6. The van der Waals surface area contributed by atoms with E-state index in [2.05, 4.69) is 51.6 Å². The second-order valence-electron chi connectivity index (χ2n) is 7.79. The van der Waals surface area contributed by atoms with Crippen molar-refractivity contribution in [2.75, 3.05) is 44.2 Å². The molecule has 6 heteroatoms. The van der Waals surface area contributed by atoms with E-state index in [4.69, 9.17) is 4.42 Å². The quantitative estimate of drug-likeness (QED) is 0.720. The van der Waals surface area contributed by atoms with Crippen LogP contribution in [-0.2, 0) is 13.0 Å². The Morgan fingerprint density at radius 1 is 1.25 bits per heavy atom.